The number of hydrogen-bond donors (Lipinski definition) is 2. The van der Waals surface area contributed by atoms with E-state index in [4.69, 9.17) is 4.74 Å². The summed E-state index contributed by atoms with van der Waals surface area (Å²) in [6.07, 6.45) is 4.14. The fourth-order valence-corrected chi connectivity index (χ4v) is 4.41. The van der Waals surface area contributed by atoms with Gasteiger partial charge >= 0.3 is 0 Å². The van der Waals surface area contributed by atoms with E-state index in [1.165, 1.54) is 35.4 Å². The summed E-state index contributed by atoms with van der Waals surface area (Å²) in [5.74, 6) is -1.40. The van der Waals surface area contributed by atoms with E-state index in [1.54, 1.807) is 22.7 Å². The van der Waals surface area contributed by atoms with Crippen LogP contribution in [-0.4, -0.2) is 28.4 Å². The molecular formula is C27H24F2N4O2. The Labute approximate surface area is 201 Å². The van der Waals surface area contributed by atoms with Crippen LogP contribution in [0.5, 0.6) is 5.75 Å². The van der Waals surface area contributed by atoms with Gasteiger partial charge in [0.05, 0.1) is 11.3 Å². The Hall–Kier alpha value is -4.04. The highest BCUT2D eigenvalue weighted by Crippen LogP contribution is 2.26. The number of carbonyl (C=O) groups is 1. The number of halogens is 2. The molecule has 0 saturated carbocycles. The van der Waals surface area contributed by atoms with Gasteiger partial charge in [-0.3, -0.25) is 9.20 Å². The van der Waals surface area contributed by atoms with Crippen molar-refractivity contribution in [3.8, 4) is 5.75 Å². The molecule has 4 aromatic rings. The zero-order valence-corrected chi connectivity index (χ0v) is 18.9. The molecule has 1 amide bonds. The molecule has 1 aliphatic heterocycles. The van der Waals surface area contributed by atoms with Crippen molar-refractivity contribution in [1.29, 1.82) is 0 Å². The summed E-state index contributed by atoms with van der Waals surface area (Å²) in [6, 6.07) is 15.2. The molecule has 1 aliphatic rings. The Morgan fingerprint density at radius 1 is 1.17 bits per heavy atom. The first kappa shape index (κ1) is 22.7. The fourth-order valence-electron chi connectivity index (χ4n) is 4.41. The van der Waals surface area contributed by atoms with E-state index < -0.39 is 11.6 Å². The van der Waals surface area contributed by atoms with Crippen molar-refractivity contribution in [3.05, 3.63) is 107 Å². The third-order valence-corrected chi connectivity index (χ3v) is 6.17. The monoisotopic (exact) mass is 474 g/mol. The maximum Gasteiger partial charge on any atom is 0.270 e. The Balaban J connectivity index is 1.39. The second-order valence-corrected chi connectivity index (χ2v) is 8.27. The molecule has 0 fully saturated rings. The zero-order chi connectivity index (χ0) is 24.4. The average molecular weight is 475 g/mol. The van der Waals surface area contributed by atoms with Crippen LogP contribution in [0.3, 0.4) is 0 Å². The number of nitrogens with one attached hydrogen (secondary N) is 2. The lowest BCUT2D eigenvalue weighted by Gasteiger charge is -2.27. The van der Waals surface area contributed by atoms with Gasteiger partial charge in [0.2, 0.25) is 0 Å². The summed E-state index contributed by atoms with van der Waals surface area (Å²) in [4.78, 5) is 17.7. The number of fused-ring (bicyclic) bond motifs is 2. The van der Waals surface area contributed by atoms with E-state index in [-0.39, 0.29) is 24.1 Å². The molecule has 0 bridgehead atoms. The van der Waals surface area contributed by atoms with Crippen molar-refractivity contribution in [3.63, 3.8) is 0 Å². The minimum absolute atomic E-state index is 0.00447. The Kier molecular flexibility index (Phi) is 6.29. The maximum absolute atomic E-state index is 14.0. The summed E-state index contributed by atoms with van der Waals surface area (Å²) in [5.41, 5.74) is 3.32. The number of imidazole rings is 1. The molecule has 0 radical (unpaired) electrons. The number of rotatable bonds is 7. The quantitative estimate of drug-likeness (QED) is 0.415. The lowest BCUT2D eigenvalue weighted by atomic mass is 9.94. The standard InChI is InChI=1S/C27H24F2N4O2/c1-2-22-25(27(34)31-15-23-18-8-4-3-7-17(18)12-13-30-23)33-14-6-11-24(26(33)32-22)35-16-19-20(28)9-5-10-21(19)29/h2-11,14,23,30H,1,12-13,15-16H2,(H,31,34). The third-order valence-electron chi connectivity index (χ3n) is 6.17. The number of aromatic nitrogens is 2. The molecule has 35 heavy (non-hydrogen) atoms. The smallest absolute Gasteiger partial charge is 0.270 e. The summed E-state index contributed by atoms with van der Waals surface area (Å²) in [5, 5.41) is 6.46. The van der Waals surface area contributed by atoms with Crippen LogP contribution in [0.2, 0.25) is 0 Å². The highest BCUT2D eigenvalue weighted by Gasteiger charge is 2.23. The lowest BCUT2D eigenvalue weighted by molar-refractivity contribution is 0.0943. The van der Waals surface area contributed by atoms with Crippen LogP contribution in [0.4, 0.5) is 8.78 Å². The van der Waals surface area contributed by atoms with E-state index >= 15 is 0 Å². The predicted molar refractivity (Wildman–Crippen MR) is 129 cm³/mol. The van der Waals surface area contributed by atoms with Crippen molar-refractivity contribution >= 4 is 17.6 Å². The maximum atomic E-state index is 14.0. The number of pyridine rings is 1. The molecule has 2 N–H and O–H groups in total. The summed E-state index contributed by atoms with van der Waals surface area (Å²) in [6.45, 7) is 4.72. The zero-order valence-electron chi connectivity index (χ0n) is 18.9. The van der Waals surface area contributed by atoms with Crippen LogP contribution in [-0.2, 0) is 13.0 Å². The van der Waals surface area contributed by atoms with Gasteiger partial charge in [-0.05, 0) is 54.4 Å². The van der Waals surface area contributed by atoms with Crippen LogP contribution in [0.15, 0.2) is 67.4 Å². The molecule has 6 nitrogen and oxygen atoms in total. The van der Waals surface area contributed by atoms with Gasteiger partial charge in [0.1, 0.15) is 23.9 Å². The molecule has 0 spiro atoms. The summed E-state index contributed by atoms with van der Waals surface area (Å²) in [7, 11) is 0. The first-order valence-corrected chi connectivity index (χ1v) is 11.4. The second kappa shape index (κ2) is 9.68. The lowest BCUT2D eigenvalue weighted by Crippen LogP contribution is -2.39. The van der Waals surface area contributed by atoms with Crippen molar-refractivity contribution < 1.29 is 18.3 Å². The first-order valence-electron chi connectivity index (χ1n) is 11.4. The minimum Gasteiger partial charge on any atom is -0.485 e. The SMILES string of the molecule is C=Cc1nc2c(OCc3c(F)cccc3F)cccn2c1C(=O)NCC1NCCc2ccccc21. The Morgan fingerprint density at radius 3 is 2.77 bits per heavy atom. The number of nitrogens with zero attached hydrogens (tertiary/aromatic N) is 2. The van der Waals surface area contributed by atoms with Crippen LogP contribution in [0.25, 0.3) is 11.7 Å². The Morgan fingerprint density at radius 2 is 1.97 bits per heavy atom. The molecular weight excluding hydrogens is 450 g/mol. The molecule has 8 heteroatoms. The molecule has 1 unspecified atom stereocenters. The third kappa shape index (κ3) is 4.40. The highest BCUT2D eigenvalue weighted by molar-refractivity contribution is 5.97. The normalized spacial score (nSPS) is 15.0. The van der Waals surface area contributed by atoms with Gasteiger partial charge in [0, 0.05) is 18.8 Å². The Bertz CT molecular complexity index is 1400. The number of ether oxygens (including phenoxy) is 1. The van der Waals surface area contributed by atoms with E-state index in [2.05, 4.69) is 34.3 Å². The number of carbonyl (C=O) groups excluding carboxylic acids is 1. The molecule has 5 rings (SSSR count). The van der Waals surface area contributed by atoms with Gasteiger partial charge in [-0.1, -0.05) is 36.9 Å². The van der Waals surface area contributed by atoms with Gasteiger partial charge in [-0.15, -0.1) is 0 Å². The minimum atomic E-state index is -0.690. The van der Waals surface area contributed by atoms with Gasteiger partial charge in [0.25, 0.3) is 5.91 Å². The molecule has 0 aliphatic carbocycles. The summed E-state index contributed by atoms with van der Waals surface area (Å²) < 4.78 is 35.3. The molecule has 0 saturated heterocycles. The second-order valence-electron chi connectivity index (χ2n) is 8.27. The van der Waals surface area contributed by atoms with Crippen molar-refractivity contribution in [2.24, 2.45) is 0 Å². The van der Waals surface area contributed by atoms with E-state index in [0.29, 0.717) is 29.3 Å². The summed E-state index contributed by atoms with van der Waals surface area (Å²) >= 11 is 0. The van der Waals surface area contributed by atoms with Gasteiger partial charge in [0.15, 0.2) is 11.4 Å². The number of hydrogen-bond acceptors (Lipinski definition) is 4. The van der Waals surface area contributed by atoms with E-state index in [1.807, 2.05) is 12.1 Å². The van der Waals surface area contributed by atoms with Gasteiger partial charge < -0.3 is 15.4 Å². The number of amides is 1. The predicted octanol–water partition coefficient (Wildman–Crippen LogP) is 4.45. The molecule has 3 heterocycles. The topological polar surface area (TPSA) is 67.7 Å². The largest absolute Gasteiger partial charge is 0.485 e. The molecule has 2 aromatic heterocycles. The van der Waals surface area contributed by atoms with Crippen LogP contribution in [0, 0.1) is 11.6 Å². The first-order chi connectivity index (χ1) is 17.1. The van der Waals surface area contributed by atoms with E-state index in [9.17, 15) is 13.6 Å². The highest BCUT2D eigenvalue weighted by atomic mass is 19.1. The van der Waals surface area contributed by atoms with Crippen LogP contribution < -0.4 is 15.4 Å². The van der Waals surface area contributed by atoms with Crippen LogP contribution in [0.1, 0.15) is 38.9 Å². The van der Waals surface area contributed by atoms with Gasteiger partial charge in [-0.25, -0.2) is 13.8 Å². The molecule has 1 atom stereocenters. The fraction of sp³-hybridized carbons (Fsp3) is 0.185. The molecule has 2 aromatic carbocycles. The molecule has 178 valence electrons. The van der Waals surface area contributed by atoms with Crippen molar-refractivity contribution in [2.75, 3.05) is 13.1 Å². The van der Waals surface area contributed by atoms with Crippen molar-refractivity contribution in [1.82, 2.24) is 20.0 Å². The van der Waals surface area contributed by atoms with Gasteiger partial charge in [-0.2, -0.15) is 0 Å². The van der Waals surface area contributed by atoms with Crippen LogP contribution >= 0.6 is 0 Å². The van der Waals surface area contributed by atoms with E-state index in [0.717, 1.165) is 13.0 Å². The average Bonchev–Trinajstić information content (AvgIpc) is 3.26. The van der Waals surface area contributed by atoms with Crippen molar-refractivity contribution in [2.45, 2.75) is 19.1 Å². The number of benzene rings is 2.